The lowest BCUT2D eigenvalue weighted by molar-refractivity contribution is -0.654. The summed E-state index contributed by atoms with van der Waals surface area (Å²) in [6, 6.07) is 5.88. The maximum Gasteiger partial charge on any atom is 0.331 e. The monoisotopic (exact) mass is 462 g/mol. The van der Waals surface area contributed by atoms with Crippen molar-refractivity contribution < 1.29 is 23.6 Å². The number of fused-ring (bicyclic) bond motifs is 1. The van der Waals surface area contributed by atoms with Crippen LogP contribution in [0.15, 0.2) is 18.2 Å². The molecule has 0 spiro atoms. The second-order valence-electron chi connectivity index (χ2n) is 6.93. The molecule has 2 aromatic heterocycles. The Morgan fingerprint density at radius 1 is 1.25 bits per heavy atom. The highest BCUT2D eigenvalue weighted by Crippen LogP contribution is 2.19. The molecule has 32 heavy (non-hydrogen) atoms. The van der Waals surface area contributed by atoms with Crippen molar-refractivity contribution in [3.05, 3.63) is 40.4 Å². The Morgan fingerprint density at radius 3 is 2.69 bits per heavy atom. The number of aromatic nitrogens is 4. The maximum absolute atomic E-state index is 12.6. The number of halogens is 1. The van der Waals surface area contributed by atoms with E-state index in [-0.39, 0.29) is 42.2 Å². The molecule has 0 saturated carbocycles. The molecule has 2 heterocycles. The van der Waals surface area contributed by atoms with Crippen LogP contribution in [0.2, 0.25) is 5.15 Å². The van der Waals surface area contributed by atoms with Crippen molar-refractivity contribution in [1.29, 1.82) is 0 Å². The van der Waals surface area contributed by atoms with Gasteiger partial charge < -0.3 is 26.3 Å². The normalized spacial score (nSPS) is 11.0. The number of amides is 1. The van der Waals surface area contributed by atoms with E-state index >= 15 is 0 Å². The number of carbonyl (C=O) groups is 2. The summed E-state index contributed by atoms with van der Waals surface area (Å²) in [5.74, 6) is -0.218. The quantitative estimate of drug-likeness (QED) is 0.327. The molecule has 0 aliphatic carbocycles. The molecule has 0 unspecified atom stereocenters. The Hall–Kier alpha value is -3.44. The third kappa shape index (κ3) is 4.73. The van der Waals surface area contributed by atoms with E-state index in [0.29, 0.717) is 6.54 Å². The summed E-state index contributed by atoms with van der Waals surface area (Å²) in [6.45, 7) is 3.05. The number of methoxy groups -OCH3 is 1. The summed E-state index contributed by atoms with van der Waals surface area (Å²) in [5.41, 5.74) is 14.1. The van der Waals surface area contributed by atoms with Crippen LogP contribution in [0, 0.1) is 0 Å². The highest BCUT2D eigenvalue weighted by molar-refractivity contribution is 6.31. The predicted octanol–water partition coefficient (Wildman–Crippen LogP) is 0.713. The van der Waals surface area contributed by atoms with Crippen LogP contribution in [0.25, 0.3) is 11.0 Å². The van der Waals surface area contributed by atoms with Crippen LogP contribution >= 0.6 is 11.6 Å². The number of benzene rings is 1. The fourth-order valence-corrected chi connectivity index (χ4v) is 3.47. The number of carbonyl (C=O) groups excluding carboxylic acids is 2. The van der Waals surface area contributed by atoms with Gasteiger partial charge in [-0.25, -0.2) is 23.9 Å². The Balaban J connectivity index is 1.82. The highest BCUT2D eigenvalue weighted by atomic mass is 35.5. The molecule has 12 heteroatoms. The zero-order valence-corrected chi connectivity index (χ0v) is 18.8. The SMILES string of the molecule is CCn1c(CNC(=O)c2nc(Cl)c(N)nc2N)[n+](C)c2ccc(COCC(=O)OC)cc21. The molecule has 1 aromatic carbocycles. The number of anilines is 2. The van der Waals surface area contributed by atoms with E-state index < -0.39 is 11.9 Å². The first kappa shape index (κ1) is 23.2. The van der Waals surface area contributed by atoms with Crippen LogP contribution in [-0.2, 0) is 41.0 Å². The first-order valence-electron chi connectivity index (χ1n) is 9.78. The molecule has 0 radical (unpaired) electrons. The lowest BCUT2D eigenvalue weighted by atomic mass is 10.2. The van der Waals surface area contributed by atoms with E-state index in [1.54, 1.807) is 0 Å². The number of hydrogen-bond acceptors (Lipinski definition) is 8. The van der Waals surface area contributed by atoms with Gasteiger partial charge in [0, 0.05) is 0 Å². The summed E-state index contributed by atoms with van der Waals surface area (Å²) >= 11 is 5.87. The van der Waals surface area contributed by atoms with Gasteiger partial charge in [0.15, 0.2) is 33.5 Å². The topological polar surface area (TPSA) is 151 Å². The van der Waals surface area contributed by atoms with Crippen molar-refractivity contribution >= 4 is 46.1 Å². The van der Waals surface area contributed by atoms with Gasteiger partial charge in [-0.3, -0.25) is 4.79 Å². The van der Waals surface area contributed by atoms with E-state index in [4.69, 9.17) is 27.8 Å². The molecule has 170 valence electrons. The van der Waals surface area contributed by atoms with Gasteiger partial charge in [0.1, 0.15) is 13.2 Å². The van der Waals surface area contributed by atoms with Gasteiger partial charge >= 0.3 is 5.97 Å². The second-order valence-corrected chi connectivity index (χ2v) is 7.29. The van der Waals surface area contributed by atoms with Crippen LogP contribution < -0.4 is 21.4 Å². The molecule has 0 saturated heterocycles. The number of nitrogens with zero attached hydrogens (tertiary/aromatic N) is 4. The zero-order valence-electron chi connectivity index (χ0n) is 18.0. The summed E-state index contributed by atoms with van der Waals surface area (Å²) < 4.78 is 14.0. The number of aryl methyl sites for hydroxylation is 2. The summed E-state index contributed by atoms with van der Waals surface area (Å²) in [6.07, 6.45) is 0. The highest BCUT2D eigenvalue weighted by Gasteiger charge is 2.24. The van der Waals surface area contributed by atoms with Crippen molar-refractivity contribution in [3.8, 4) is 0 Å². The Labute approximate surface area is 189 Å². The molecule has 0 aliphatic rings. The fraction of sp³-hybridized carbons (Fsp3) is 0.350. The van der Waals surface area contributed by atoms with Crippen molar-refractivity contribution in [1.82, 2.24) is 19.9 Å². The average Bonchev–Trinajstić information content (AvgIpc) is 3.04. The van der Waals surface area contributed by atoms with Gasteiger partial charge in [-0.2, -0.15) is 0 Å². The number of nitrogen functional groups attached to an aromatic ring is 2. The van der Waals surface area contributed by atoms with E-state index in [1.165, 1.54) is 7.11 Å². The number of imidazole rings is 1. The molecular weight excluding hydrogens is 438 g/mol. The van der Waals surface area contributed by atoms with Gasteiger partial charge in [0.2, 0.25) is 0 Å². The number of ether oxygens (including phenoxy) is 2. The van der Waals surface area contributed by atoms with Gasteiger partial charge in [0.05, 0.1) is 27.3 Å². The lowest BCUT2D eigenvalue weighted by Crippen LogP contribution is -2.38. The Kier molecular flexibility index (Phi) is 7.11. The third-order valence-corrected chi connectivity index (χ3v) is 5.23. The summed E-state index contributed by atoms with van der Waals surface area (Å²) in [4.78, 5) is 31.6. The smallest absolute Gasteiger partial charge is 0.331 e. The number of esters is 1. The van der Waals surface area contributed by atoms with E-state index in [0.717, 1.165) is 22.4 Å². The van der Waals surface area contributed by atoms with Crippen LogP contribution in [0.3, 0.4) is 0 Å². The first-order valence-corrected chi connectivity index (χ1v) is 10.2. The molecule has 0 aliphatic heterocycles. The summed E-state index contributed by atoms with van der Waals surface area (Å²) in [7, 11) is 3.23. The number of nitrogens with two attached hydrogens (primary N) is 2. The van der Waals surface area contributed by atoms with Gasteiger partial charge in [0.25, 0.3) is 11.7 Å². The first-order chi connectivity index (χ1) is 15.3. The van der Waals surface area contributed by atoms with Crippen LogP contribution in [-0.4, -0.2) is 40.1 Å². The minimum atomic E-state index is -0.512. The molecule has 3 aromatic rings. The van der Waals surface area contributed by atoms with Crippen LogP contribution in [0.1, 0.15) is 28.8 Å². The fourth-order valence-electron chi connectivity index (χ4n) is 3.35. The van der Waals surface area contributed by atoms with Crippen molar-refractivity contribution in [2.45, 2.75) is 26.6 Å². The Bertz CT molecular complexity index is 1180. The van der Waals surface area contributed by atoms with Crippen molar-refractivity contribution in [2.24, 2.45) is 7.05 Å². The molecule has 0 atom stereocenters. The predicted molar refractivity (Wildman–Crippen MR) is 117 cm³/mol. The van der Waals surface area contributed by atoms with E-state index in [2.05, 4.69) is 24.6 Å². The molecule has 5 N–H and O–H groups in total. The van der Waals surface area contributed by atoms with Crippen LogP contribution in [0.5, 0.6) is 0 Å². The largest absolute Gasteiger partial charge is 0.467 e. The average molecular weight is 463 g/mol. The maximum atomic E-state index is 12.6. The summed E-state index contributed by atoms with van der Waals surface area (Å²) in [5, 5.41) is 2.72. The van der Waals surface area contributed by atoms with Crippen LogP contribution in [0.4, 0.5) is 11.6 Å². The minimum Gasteiger partial charge on any atom is -0.467 e. The number of rotatable bonds is 8. The van der Waals surface area contributed by atoms with E-state index in [1.807, 2.05) is 36.7 Å². The molecule has 11 nitrogen and oxygen atoms in total. The Morgan fingerprint density at radius 2 is 2.00 bits per heavy atom. The second kappa shape index (κ2) is 9.79. The van der Waals surface area contributed by atoms with Gasteiger partial charge in [-0.1, -0.05) is 17.7 Å². The minimum absolute atomic E-state index is 0.0374. The molecule has 3 rings (SSSR count). The van der Waals surface area contributed by atoms with Gasteiger partial charge in [-0.15, -0.1) is 0 Å². The molecule has 1 amide bonds. The number of nitrogens with one attached hydrogen (secondary N) is 1. The molecular formula is C20H25ClN7O4+. The standard InChI is InChI=1S/C20H24ClN7O4/c1-4-28-13-7-11(9-32-10-15(29)31-3)5-6-12(13)27(2)14(28)8-24-20(30)16-18(22)26-19(23)17(21)25-16/h5-7H,4,8-10H2,1-3H3,(H4-,22,23,24,26,30)/p+1. The molecule has 0 fully saturated rings. The third-order valence-electron chi connectivity index (χ3n) is 4.95. The van der Waals surface area contributed by atoms with Crippen molar-refractivity contribution in [3.63, 3.8) is 0 Å². The van der Waals surface area contributed by atoms with Gasteiger partial charge in [-0.05, 0) is 24.6 Å². The number of hydrogen-bond donors (Lipinski definition) is 3. The lowest BCUT2D eigenvalue weighted by Gasteiger charge is -2.07. The zero-order chi connectivity index (χ0) is 23.4. The van der Waals surface area contributed by atoms with Crippen molar-refractivity contribution in [2.75, 3.05) is 25.2 Å². The van der Waals surface area contributed by atoms with E-state index in [9.17, 15) is 9.59 Å². The molecule has 0 bridgehead atoms.